The molecule has 0 saturated carbocycles. The Labute approximate surface area is 166 Å². The van der Waals surface area contributed by atoms with Crippen LogP contribution >= 0.6 is 0 Å². The molecule has 2 aromatic heterocycles. The highest BCUT2D eigenvalue weighted by Crippen LogP contribution is 2.30. The van der Waals surface area contributed by atoms with E-state index in [1.807, 2.05) is 0 Å². The Balaban J connectivity index is 1.85. The van der Waals surface area contributed by atoms with Gasteiger partial charge in [-0.25, -0.2) is 9.50 Å². The quantitative estimate of drug-likeness (QED) is 0.744. The number of nitrogens with zero attached hydrogens (tertiary/aromatic N) is 4. The van der Waals surface area contributed by atoms with Crippen molar-refractivity contribution in [3.63, 3.8) is 0 Å². The van der Waals surface area contributed by atoms with Gasteiger partial charge < -0.3 is 15.0 Å². The molecule has 1 aliphatic heterocycles. The van der Waals surface area contributed by atoms with Crippen LogP contribution in [-0.2, 0) is 10.2 Å². The Morgan fingerprint density at radius 3 is 2.39 bits per heavy atom. The summed E-state index contributed by atoms with van der Waals surface area (Å²) in [6.45, 7) is 12.8. The number of benzene rings is 1. The minimum atomic E-state index is -0.00474. The van der Waals surface area contributed by atoms with Gasteiger partial charge in [0.15, 0.2) is 11.6 Å². The van der Waals surface area contributed by atoms with E-state index in [0.717, 1.165) is 61.3 Å². The van der Waals surface area contributed by atoms with E-state index in [1.165, 1.54) is 5.69 Å². The number of morpholine rings is 1. The number of rotatable bonds is 4. The molecule has 1 fully saturated rings. The minimum Gasteiger partial charge on any atom is -0.385 e. The highest BCUT2D eigenvalue weighted by Gasteiger charge is 2.24. The van der Waals surface area contributed by atoms with Gasteiger partial charge in [0.1, 0.15) is 5.52 Å². The van der Waals surface area contributed by atoms with Crippen molar-refractivity contribution in [2.45, 2.75) is 33.1 Å². The Bertz CT molecular complexity index is 949. The molecule has 0 unspecified atom stereocenters. The molecule has 3 heterocycles. The molecule has 0 amide bonds. The predicted molar refractivity (Wildman–Crippen MR) is 114 cm³/mol. The van der Waals surface area contributed by atoms with Crippen LogP contribution in [0.1, 0.15) is 33.4 Å². The second-order valence-corrected chi connectivity index (χ2v) is 8.23. The Kier molecular flexibility index (Phi) is 4.98. The summed E-state index contributed by atoms with van der Waals surface area (Å²) < 4.78 is 7.62. The van der Waals surface area contributed by atoms with E-state index in [2.05, 4.69) is 78.8 Å². The van der Waals surface area contributed by atoms with E-state index in [0.29, 0.717) is 0 Å². The molecule has 1 aliphatic rings. The van der Waals surface area contributed by atoms with Crippen molar-refractivity contribution in [3.05, 3.63) is 42.1 Å². The lowest BCUT2D eigenvalue weighted by Gasteiger charge is -2.29. The van der Waals surface area contributed by atoms with Gasteiger partial charge in [0.25, 0.3) is 0 Å². The van der Waals surface area contributed by atoms with Crippen LogP contribution in [-0.4, -0.2) is 47.4 Å². The standard InChI is InChI=1S/C22H29N5O/c1-5-23-17-8-6-16(7-9-17)20-24-21(26-12-14-28-15-13-26)18-10-11-19(22(2,3)4)27(18)25-20/h6-11,23H,5,12-15H2,1-4H3. The van der Waals surface area contributed by atoms with Crippen LogP contribution in [0, 0.1) is 0 Å². The molecule has 28 heavy (non-hydrogen) atoms. The van der Waals surface area contributed by atoms with Crippen molar-refractivity contribution in [3.8, 4) is 11.4 Å². The lowest BCUT2D eigenvalue weighted by Crippen LogP contribution is -2.37. The first kappa shape index (κ1) is 18.7. The zero-order valence-electron chi connectivity index (χ0n) is 17.2. The molecular weight excluding hydrogens is 350 g/mol. The van der Waals surface area contributed by atoms with E-state index in [1.54, 1.807) is 0 Å². The third kappa shape index (κ3) is 3.56. The second kappa shape index (κ2) is 7.43. The smallest absolute Gasteiger partial charge is 0.182 e. The number of aromatic nitrogens is 3. The molecule has 0 bridgehead atoms. The molecular formula is C22H29N5O. The van der Waals surface area contributed by atoms with Crippen molar-refractivity contribution in [1.82, 2.24) is 14.6 Å². The molecule has 1 N–H and O–H groups in total. The fourth-order valence-corrected chi connectivity index (χ4v) is 3.62. The number of fused-ring (bicyclic) bond motifs is 1. The molecule has 3 aromatic rings. The summed E-state index contributed by atoms with van der Waals surface area (Å²) in [6, 6.07) is 12.7. The average molecular weight is 380 g/mol. The molecule has 0 aliphatic carbocycles. The maximum absolute atomic E-state index is 5.54. The fourth-order valence-electron chi connectivity index (χ4n) is 3.62. The van der Waals surface area contributed by atoms with Crippen LogP contribution in [0.15, 0.2) is 36.4 Å². The van der Waals surface area contributed by atoms with Crippen molar-refractivity contribution in [1.29, 1.82) is 0 Å². The van der Waals surface area contributed by atoms with Crippen LogP contribution in [0.2, 0.25) is 0 Å². The maximum atomic E-state index is 5.54. The molecule has 6 heteroatoms. The first-order valence-corrected chi connectivity index (χ1v) is 10.0. The molecule has 1 saturated heterocycles. The summed E-state index contributed by atoms with van der Waals surface area (Å²) in [4.78, 5) is 7.29. The monoisotopic (exact) mass is 379 g/mol. The van der Waals surface area contributed by atoms with Gasteiger partial charge in [0.2, 0.25) is 0 Å². The Hall–Kier alpha value is -2.60. The Morgan fingerprint density at radius 1 is 1.04 bits per heavy atom. The molecule has 0 radical (unpaired) electrons. The average Bonchev–Trinajstić information content (AvgIpc) is 3.13. The van der Waals surface area contributed by atoms with Crippen molar-refractivity contribution >= 4 is 17.0 Å². The van der Waals surface area contributed by atoms with E-state index >= 15 is 0 Å². The molecule has 1 aromatic carbocycles. The third-order valence-corrected chi connectivity index (χ3v) is 5.09. The van der Waals surface area contributed by atoms with Gasteiger partial charge in [-0.05, 0) is 43.3 Å². The van der Waals surface area contributed by atoms with Crippen LogP contribution in [0.5, 0.6) is 0 Å². The highest BCUT2D eigenvalue weighted by atomic mass is 16.5. The van der Waals surface area contributed by atoms with Gasteiger partial charge in [-0.2, -0.15) is 0 Å². The van der Waals surface area contributed by atoms with Crippen LogP contribution in [0.25, 0.3) is 16.9 Å². The minimum absolute atomic E-state index is 0.00474. The molecule has 0 spiro atoms. The summed E-state index contributed by atoms with van der Waals surface area (Å²) in [5.41, 5.74) is 4.36. The number of ether oxygens (including phenoxy) is 1. The lowest BCUT2D eigenvalue weighted by molar-refractivity contribution is 0.122. The number of nitrogens with one attached hydrogen (secondary N) is 1. The number of anilines is 2. The van der Waals surface area contributed by atoms with E-state index in [-0.39, 0.29) is 5.41 Å². The fraction of sp³-hybridized carbons (Fsp3) is 0.455. The normalized spacial score (nSPS) is 15.2. The predicted octanol–water partition coefficient (Wildman–Crippen LogP) is 3.96. The van der Waals surface area contributed by atoms with Gasteiger partial charge in [-0.3, -0.25) is 0 Å². The molecule has 6 nitrogen and oxygen atoms in total. The summed E-state index contributed by atoms with van der Waals surface area (Å²) in [6.07, 6.45) is 0. The van der Waals surface area contributed by atoms with Gasteiger partial charge in [0.05, 0.1) is 13.2 Å². The number of hydrogen-bond acceptors (Lipinski definition) is 5. The van der Waals surface area contributed by atoms with Gasteiger partial charge in [0, 0.05) is 42.0 Å². The summed E-state index contributed by atoms with van der Waals surface area (Å²) in [5, 5.41) is 8.27. The Morgan fingerprint density at radius 2 is 1.75 bits per heavy atom. The summed E-state index contributed by atoms with van der Waals surface area (Å²) >= 11 is 0. The third-order valence-electron chi connectivity index (χ3n) is 5.09. The first-order valence-electron chi connectivity index (χ1n) is 10.0. The van der Waals surface area contributed by atoms with Crippen molar-refractivity contribution in [2.75, 3.05) is 43.1 Å². The van der Waals surface area contributed by atoms with Crippen molar-refractivity contribution < 1.29 is 4.74 Å². The topological polar surface area (TPSA) is 54.7 Å². The second-order valence-electron chi connectivity index (χ2n) is 8.23. The van der Waals surface area contributed by atoms with Crippen LogP contribution in [0.4, 0.5) is 11.5 Å². The zero-order chi connectivity index (χ0) is 19.7. The van der Waals surface area contributed by atoms with Crippen LogP contribution < -0.4 is 10.2 Å². The van der Waals surface area contributed by atoms with Gasteiger partial charge >= 0.3 is 0 Å². The number of hydrogen-bond donors (Lipinski definition) is 1. The highest BCUT2D eigenvalue weighted by molar-refractivity contribution is 5.73. The van der Waals surface area contributed by atoms with Gasteiger partial charge in [-0.15, -0.1) is 5.10 Å². The first-order chi connectivity index (χ1) is 13.5. The largest absolute Gasteiger partial charge is 0.385 e. The van der Waals surface area contributed by atoms with E-state index in [4.69, 9.17) is 14.8 Å². The molecule has 4 rings (SSSR count). The zero-order valence-corrected chi connectivity index (χ0v) is 17.2. The summed E-state index contributed by atoms with van der Waals surface area (Å²) in [5.74, 6) is 1.73. The molecule has 0 atom stereocenters. The van der Waals surface area contributed by atoms with E-state index in [9.17, 15) is 0 Å². The SMILES string of the molecule is CCNc1ccc(-c2nc(N3CCOCC3)c3ccc(C(C)(C)C)n3n2)cc1. The molecule has 148 valence electrons. The van der Waals surface area contributed by atoms with E-state index < -0.39 is 0 Å². The lowest BCUT2D eigenvalue weighted by atomic mass is 9.93. The van der Waals surface area contributed by atoms with Crippen molar-refractivity contribution in [2.24, 2.45) is 0 Å². The van der Waals surface area contributed by atoms with Gasteiger partial charge in [-0.1, -0.05) is 20.8 Å². The van der Waals surface area contributed by atoms with Crippen LogP contribution in [0.3, 0.4) is 0 Å². The maximum Gasteiger partial charge on any atom is 0.182 e. The summed E-state index contributed by atoms with van der Waals surface area (Å²) in [7, 11) is 0.